The third-order valence-corrected chi connectivity index (χ3v) is 6.16. The lowest BCUT2D eigenvalue weighted by molar-refractivity contribution is -0.138. The summed E-state index contributed by atoms with van der Waals surface area (Å²) < 4.78 is 14.0. The van der Waals surface area contributed by atoms with Crippen molar-refractivity contribution in [1.82, 2.24) is 10.2 Å². The first-order valence-electron chi connectivity index (χ1n) is 10.3. The summed E-state index contributed by atoms with van der Waals surface area (Å²) in [5, 5.41) is 3.25. The lowest BCUT2D eigenvalue weighted by Gasteiger charge is -2.29. The molecule has 0 radical (unpaired) electrons. The Morgan fingerprint density at radius 1 is 1.13 bits per heavy atom. The summed E-state index contributed by atoms with van der Waals surface area (Å²) in [4.78, 5) is 27.3. The SMILES string of the molecule is Cc1ccc(CN(C(=O)CSCc2c(F)cccc2Cl)[C@H](C)C(=O)NCC(C)C)cc1. The summed E-state index contributed by atoms with van der Waals surface area (Å²) in [6.45, 7) is 8.65. The molecule has 0 spiro atoms. The summed E-state index contributed by atoms with van der Waals surface area (Å²) in [5.74, 6) is -0.0209. The lowest BCUT2D eigenvalue weighted by Crippen LogP contribution is -2.48. The minimum atomic E-state index is -0.620. The van der Waals surface area contributed by atoms with Gasteiger partial charge in [-0.15, -0.1) is 11.8 Å². The van der Waals surface area contributed by atoms with Crippen LogP contribution in [0.25, 0.3) is 0 Å². The second kappa shape index (κ2) is 12.1. The Balaban J connectivity index is 2.09. The molecule has 0 bridgehead atoms. The standard InChI is InChI=1S/C24H30ClFN2O2S/c1-16(2)12-27-24(30)18(4)28(13-19-10-8-17(3)9-11-19)23(29)15-31-14-20-21(25)6-5-7-22(20)26/h5-11,16,18H,12-15H2,1-4H3,(H,27,30)/t18-/m1/s1. The number of aryl methyl sites for hydroxylation is 1. The first kappa shape index (κ1) is 25.2. The van der Waals surface area contributed by atoms with E-state index in [0.29, 0.717) is 29.6 Å². The van der Waals surface area contributed by atoms with Crippen molar-refractivity contribution in [3.8, 4) is 0 Å². The summed E-state index contributed by atoms with van der Waals surface area (Å²) in [6, 6.07) is 11.8. The number of carbonyl (C=O) groups excluding carboxylic acids is 2. The summed E-state index contributed by atoms with van der Waals surface area (Å²) >= 11 is 7.36. The molecule has 2 rings (SSSR count). The molecule has 31 heavy (non-hydrogen) atoms. The van der Waals surface area contributed by atoms with Crippen LogP contribution in [0.1, 0.15) is 37.5 Å². The molecule has 0 aromatic heterocycles. The number of hydrogen-bond acceptors (Lipinski definition) is 3. The maximum absolute atomic E-state index is 14.0. The Labute approximate surface area is 193 Å². The van der Waals surface area contributed by atoms with Crippen LogP contribution in [0, 0.1) is 18.7 Å². The van der Waals surface area contributed by atoms with Crippen molar-refractivity contribution in [3.63, 3.8) is 0 Å². The van der Waals surface area contributed by atoms with Gasteiger partial charge in [0.15, 0.2) is 0 Å². The van der Waals surface area contributed by atoms with Gasteiger partial charge < -0.3 is 10.2 Å². The Morgan fingerprint density at radius 2 is 1.81 bits per heavy atom. The van der Waals surface area contributed by atoms with Gasteiger partial charge in [0, 0.05) is 29.4 Å². The van der Waals surface area contributed by atoms with E-state index in [1.807, 2.05) is 45.0 Å². The van der Waals surface area contributed by atoms with Gasteiger partial charge in [0.1, 0.15) is 11.9 Å². The van der Waals surface area contributed by atoms with E-state index in [1.54, 1.807) is 24.0 Å². The molecule has 0 fully saturated rings. The van der Waals surface area contributed by atoms with Crippen molar-refractivity contribution in [2.75, 3.05) is 12.3 Å². The number of benzene rings is 2. The molecule has 0 saturated heterocycles. The number of rotatable bonds is 10. The van der Waals surface area contributed by atoms with Crippen LogP contribution in [0.3, 0.4) is 0 Å². The van der Waals surface area contributed by atoms with E-state index in [1.165, 1.54) is 17.8 Å². The molecule has 0 heterocycles. The van der Waals surface area contributed by atoms with E-state index in [2.05, 4.69) is 5.32 Å². The lowest BCUT2D eigenvalue weighted by atomic mass is 10.1. The summed E-state index contributed by atoms with van der Waals surface area (Å²) in [5.41, 5.74) is 2.46. The van der Waals surface area contributed by atoms with Crippen LogP contribution in [0.2, 0.25) is 5.02 Å². The molecule has 0 unspecified atom stereocenters. The first-order chi connectivity index (χ1) is 14.7. The maximum Gasteiger partial charge on any atom is 0.242 e. The van der Waals surface area contributed by atoms with Gasteiger partial charge in [0.25, 0.3) is 0 Å². The number of nitrogens with zero attached hydrogens (tertiary/aromatic N) is 1. The van der Waals surface area contributed by atoms with Gasteiger partial charge in [-0.25, -0.2) is 4.39 Å². The van der Waals surface area contributed by atoms with Crippen molar-refractivity contribution >= 4 is 35.2 Å². The van der Waals surface area contributed by atoms with Gasteiger partial charge >= 0.3 is 0 Å². The molecular formula is C24H30ClFN2O2S. The molecule has 0 aliphatic heterocycles. The molecule has 0 aliphatic rings. The molecule has 2 amide bonds. The van der Waals surface area contributed by atoms with Crippen LogP contribution < -0.4 is 5.32 Å². The second-order valence-corrected chi connectivity index (χ2v) is 9.41. The van der Waals surface area contributed by atoms with E-state index in [0.717, 1.165) is 11.1 Å². The highest BCUT2D eigenvalue weighted by Gasteiger charge is 2.26. The van der Waals surface area contributed by atoms with Gasteiger partial charge in [-0.1, -0.05) is 61.3 Å². The number of hydrogen-bond donors (Lipinski definition) is 1. The predicted octanol–water partition coefficient (Wildman–Crippen LogP) is 5.21. The van der Waals surface area contributed by atoms with Crippen LogP contribution >= 0.6 is 23.4 Å². The largest absolute Gasteiger partial charge is 0.354 e. The zero-order valence-corrected chi connectivity index (χ0v) is 20.0. The number of thioether (sulfide) groups is 1. The fourth-order valence-corrected chi connectivity index (χ4v) is 4.17. The Bertz CT molecular complexity index is 869. The van der Waals surface area contributed by atoms with E-state index in [4.69, 9.17) is 11.6 Å². The average molecular weight is 465 g/mol. The van der Waals surface area contributed by atoms with E-state index < -0.39 is 6.04 Å². The van der Waals surface area contributed by atoms with Gasteiger partial charge in [-0.3, -0.25) is 9.59 Å². The quantitative estimate of drug-likeness (QED) is 0.525. The van der Waals surface area contributed by atoms with Crippen molar-refractivity contribution in [2.24, 2.45) is 5.92 Å². The minimum Gasteiger partial charge on any atom is -0.354 e. The van der Waals surface area contributed by atoms with Crippen LogP contribution in [-0.2, 0) is 21.9 Å². The fraction of sp³-hybridized carbons (Fsp3) is 0.417. The summed E-state index contributed by atoms with van der Waals surface area (Å²) in [7, 11) is 0. The molecule has 168 valence electrons. The zero-order chi connectivity index (χ0) is 23.0. The highest BCUT2D eigenvalue weighted by atomic mass is 35.5. The highest BCUT2D eigenvalue weighted by Crippen LogP contribution is 2.24. The van der Waals surface area contributed by atoms with Crippen LogP contribution in [0.4, 0.5) is 4.39 Å². The molecule has 1 atom stereocenters. The predicted molar refractivity (Wildman–Crippen MR) is 127 cm³/mol. The molecule has 0 saturated carbocycles. The van der Waals surface area contributed by atoms with Gasteiger partial charge in [-0.05, 0) is 37.5 Å². The Hall–Kier alpha value is -2.05. The third-order valence-electron chi connectivity index (χ3n) is 4.86. The van der Waals surface area contributed by atoms with E-state index >= 15 is 0 Å². The molecule has 2 aromatic carbocycles. The second-order valence-electron chi connectivity index (χ2n) is 8.02. The smallest absolute Gasteiger partial charge is 0.242 e. The van der Waals surface area contributed by atoms with Gasteiger partial charge in [-0.2, -0.15) is 0 Å². The van der Waals surface area contributed by atoms with Crippen molar-refractivity contribution in [1.29, 1.82) is 0 Å². The highest BCUT2D eigenvalue weighted by molar-refractivity contribution is 7.99. The average Bonchev–Trinajstić information content (AvgIpc) is 2.73. The van der Waals surface area contributed by atoms with Crippen molar-refractivity contribution in [2.45, 2.75) is 46.0 Å². The molecule has 1 N–H and O–H groups in total. The van der Waals surface area contributed by atoms with Crippen molar-refractivity contribution < 1.29 is 14.0 Å². The van der Waals surface area contributed by atoms with Gasteiger partial charge in [0.2, 0.25) is 11.8 Å². The van der Waals surface area contributed by atoms with Crippen molar-refractivity contribution in [3.05, 3.63) is 70.0 Å². The molecule has 0 aliphatic carbocycles. The maximum atomic E-state index is 14.0. The third kappa shape index (κ3) is 7.86. The topological polar surface area (TPSA) is 49.4 Å². The number of amides is 2. The molecular weight excluding hydrogens is 435 g/mol. The fourth-order valence-electron chi connectivity index (χ4n) is 2.92. The van der Waals surface area contributed by atoms with E-state index in [9.17, 15) is 14.0 Å². The molecule has 4 nitrogen and oxygen atoms in total. The number of carbonyl (C=O) groups is 2. The monoisotopic (exact) mass is 464 g/mol. The normalized spacial score (nSPS) is 12.0. The van der Waals surface area contributed by atoms with Crippen LogP contribution in [-0.4, -0.2) is 35.1 Å². The Morgan fingerprint density at radius 3 is 2.42 bits per heavy atom. The number of nitrogens with one attached hydrogen (secondary N) is 1. The first-order valence-corrected chi connectivity index (χ1v) is 11.9. The minimum absolute atomic E-state index is 0.123. The molecule has 2 aromatic rings. The Kier molecular flexibility index (Phi) is 9.85. The van der Waals surface area contributed by atoms with E-state index in [-0.39, 0.29) is 29.1 Å². The summed E-state index contributed by atoms with van der Waals surface area (Å²) in [6.07, 6.45) is 0. The number of halogens is 2. The molecule has 7 heteroatoms. The van der Waals surface area contributed by atoms with Crippen LogP contribution in [0.5, 0.6) is 0 Å². The van der Waals surface area contributed by atoms with Gasteiger partial charge in [0.05, 0.1) is 5.75 Å². The van der Waals surface area contributed by atoms with Crippen LogP contribution in [0.15, 0.2) is 42.5 Å². The zero-order valence-electron chi connectivity index (χ0n) is 18.5.